The number of carbonyl (C=O) groups excluding carboxylic acids is 1. The number of carbonyl (C=O) groups is 1. The van der Waals surface area contributed by atoms with Gasteiger partial charge in [0.15, 0.2) is 5.78 Å². The largest absolute Gasteiger partial charge is 0.300 e. The third kappa shape index (κ3) is 5.63. The zero-order valence-electron chi connectivity index (χ0n) is 16.1. The zero-order valence-corrected chi connectivity index (χ0v) is 20.0. The van der Waals surface area contributed by atoms with E-state index in [0.717, 1.165) is 0 Å². The SMILES string of the molecule is O=C(CCN1CCN(S(=O)(=O)c2c(Cl)cc(Br)cc2Cl)CC1)c1ccc([N+](=O)[O-])cc1. The molecule has 1 aliphatic heterocycles. The van der Waals surface area contributed by atoms with Crippen LogP contribution in [0.3, 0.4) is 0 Å². The molecule has 0 radical (unpaired) electrons. The number of ketones is 1. The molecule has 1 heterocycles. The Labute approximate surface area is 198 Å². The zero-order chi connectivity index (χ0) is 22.8. The Hall–Kier alpha value is -1.56. The molecule has 2 aromatic carbocycles. The van der Waals surface area contributed by atoms with Gasteiger partial charge in [-0.05, 0) is 24.3 Å². The van der Waals surface area contributed by atoms with Crippen molar-refractivity contribution >= 4 is 60.6 Å². The normalized spacial score (nSPS) is 15.7. The summed E-state index contributed by atoms with van der Waals surface area (Å²) in [5.74, 6) is -0.127. The van der Waals surface area contributed by atoms with E-state index in [4.69, 9.17) is 23.2 Å². The van der Waals surface area contributed by atoms with E-state index in [2.05, 4.69) is 15.9 Å². The van der Waals surface area contributed by atoms with Gasteiger partial charge in [0.25, 0.3) is 5.69 Å². The Bertz CT molecular complexity index is 1080. The molecule has 0 N–H and O–H groups in total. The first kappa shape index (κ1) is 24.1. The summed E-state index contributed by atoms with van der Waals surface area (Å²) in [4.78, 5) is 24.4. The highest BCUT2D eigenvalue weighted by molar-refractivity contribution is 9.10. The summed E-state index contributed by atoms with van der Waals surface area (Å²) in [6.45, 7) is 1.87. The Morgan fingerprint density at radius 2 is 1.61 bits per heavy atom. The maximum absolute atomic E-state index is 13.0. The summed E-state index contributed by atoms with van der Waals surface area (Å²) in [7, 11) is -3.85. The van der Waals surface area contributed by atoms with E-state index < -0.39 is 14.9 Å². The van der Waals surface area contributed by atoms with E-state index in [-0.39, 0.29) is 45.9 Å². The fraction of sp³-hybridized carbons (Fsp3) is 0.316. The molecule has 3 rings (SSSR count). The van der Waals surface area contributed by atoms with Gasteiger partial charge in [-0.2, -0.15) is 4.31 Å². The van der Waals surface area contributed by atoms with Crippen LogP contribution in [0.2, 0.25) is 10.0 Å². The minimum Gasteiger partial charge on any atom is -0.300 e. The molecular formula is C19H18BrCl2N3O5S. The number of non-ortho nitro benzene ring substituents is 1. The fourth-order valence-electron chi connectivity index (χ4n) is 3.27. The van der Waals surface area contributed by atoms with Crippen molar-refractivity contribution in [3.05, 3.63) is 66.6 Å². The number of rotatable bonds is 7. The first-order chi connectivity index (χ1) is 14.6. The second kappa shape index (κ2) is 9.93. The van der Waals surface area contributed by atoms with Crippen LogP contribution in [0.15, 0.2) is 45.8 Å². The number of nitro groups is 1. The van der Waals surface area contributed by atoms with Gasteiger partial charge in [0.05, 0.1) is 15.0 Å². The summed E-state index contributed by atoms with van der Waals surface area (Å²) in [5, 5.41) is 10.8. The number of Topliss-reactive ketones (excluding diaryl/α,β-unsaturated/α-hetero) is 1. The molecule has 0 spiro atoms. The van der Waals surface area contributed by atoms with Crippen LogP contribution in [0.25, 0.3) is 0 Å². The Morgan fingerprint density at radius 1 is 1.06 bits per heavy atom. The van der Waals surface area contributed by atoms with Crippen molar-refractivity contribution in [1.82, 2.24) is 9.21 Å². The molecular weight excluding hydrogens is 533 g/mol. The van der Waals surface area contributed by atoms with Gasteiger partial charge in [-0.25, -0.2) is 8.42 Å². The molecule has 0 aliphatic carbocycles. The van der Waals surface area contributed by atoms with Gasteiger partial charge in [-0.1, -0.05) is 39.1 Å². The van der Waals surface area contributed by atoms with Gasteiger partial charge in [-0.3, -0.25) is 14.9 Å². The average Bonchev–Trinajstić information content (AvgIpc) is 2.71. The predicted molar refractivity (Wildman–Crippen MR) is 121 cm³/mol. The highest BCUT2D eigenvalue weighted by atomic mass is 79.9. The standard InChI is InChI=1S/C19H18BrCl2N3O5S/c20-14-11-16(21)19(17(22)12-14)31(29,30)24-9-7-23(8-10-24)6-5-18(26)13-1-3-15(4-2-13)25(27)28/h1-4,11-12H,5-10H2. The first-order valence-corrected chi connectivity index (χ1v) is 12.2. The van der Waals surface area contributed by atoms with Crippen molar-refractivity contribution < 1.29 is 18.1 Å². The quantitative estimate of drug-likeness (QED) is 0.290. The van der Waals surface area contributed by atoms with E-state index in [1.54, 1.807) is 0 Å². The summed E-state index contributed by atoms with van der Waals surface area (Å²) in [5.41, 5.74) is 0.339. The van der Waals surface area contributed by atoms with Gasteiger partial charge in [0, 0.05) is 61.3 Å². The number of nitrogens with zero attached hydrogens (tertiary/aromatic N) is 3. The maximum Gasteiger partial charge on any atom is 0.269 e. The van der Waals surface area contributed by atoms with Crippen molar-refractivity contribution in [3.8, 4) is 0 Å². The van der Waals surface area contributed by atoms with Gasteiger partial charge in [-0.15, -0.1) is 0 Å². The third-order valence-electron chi connectivity index (χ3n) is 4.95. The summed E-state index contributed by atoms with van der Waals surface area (Å²) in [6, 6.07) is 8.46. The van der Waals surface area contributed by atoms with Crippen molar-refractivity contribution in [3.63, 3.8) is 0 Å². The summed E-state index contributed by atoms with van der Waals surface area (Å²) >= 11 is 15.5. The molecule has 8 nitrogen and oxygen atoms in total. The molecule has 0 saturated carbocycles. The van der Waals surface area contributed by atoms with Crippen LogP contribution in [0.4, 0.5) is 5.69 Å². The van der Waals surface area contributed by atoms with E-state index in [0.29, 0.717) is 29.7 Å². The molecule has 1 fully saturated rings. The number of nitro benzene ring substituents is 1. The number of benzene rings is 2. The Kier molecular flexibility index (Phi) is 7.72. The molecule has 0 amide bonds. The Balaban J connectivity index is 1.57. The lowest BCUT2D eigenvalue weighted by Crippen LogP contribution is -2.49. The van der Waals surface area contributed by atoms with Crippen LogP contribution < -0.4 is 0 Å². The minimum absolute atomic E-state index is 0.0514. The second-order valence-corrected chi connectivity index (χ2v) is 10.5. The van der Waals surface area contributed by atoms with E-state index in [1.165, 1.54) is 40.7 Å². The molecule has 12 heteroatoms. The summed E-state index contributed by atoms with van der Waals surface area (Å²) < 4.78 is 27.9. The molecule has 1 saturated heterocycles. The number of halogens is 3. The van der Waals surface area contributed by atoms with Gasteiger partial charge < -0.3 is 4.90 Å². The first-order valence-electron chi connectivity index (χ1n) is 9.24. The van der Waals surface area contributed by atoms with Crippen LogP contribution in [-0.4, -0.2) is 61.1 Å². The topological polar surface area (TPSA) is 101 Å². The van der Waals surface area contributed by atoms with Crippen molar-refractivity contribution in [2.24, 2.45) is 0 Å². The minimum atomic E-state index is -3.85. The Morgan fingerprint density at radius 3 is 2.13 bits per heavy atom. The van der Waals surface area contributed by atoms with Crippen molar-refractivity contribution in [1.29, 1.82) is 0 Å². The number of sulfonamides is 1. The predicted octanol–water partition coefficient (Wildman–Crippen LogP) is 4.24. The van der Waals surface area contributed by atoms with Crippen molar-refractivity contribution in [2.75, 3.05) is 32.7 Å². The monoisotopic (exact) mass is 549 g/mol. The van der Waals surface area contributed by atoms with E-state index >= 15 is 0 Å². The van der Waals surface area contributed by atoms with Gasteiger partial charge in [0.1, 0.15) is 4.90 Å². The lowest BCUT2D eigenvalue weighted by atomic mass is 10.1. The van der Waals surface area contributed by atoms with E-state index in [1.807, 2.05) is 4.90 Å². The van der Waals surface area contributed by atoms with Gasteiger partial charge >= 0.3 is 0 Å². The molecule has 0 bridgehead atoms. The molecule has 0 atom stereocenters. The average molecular weight is 551 g/mol. The van der Waals surface area contributed by atoms with Crippen molar-refractivity contribution in [2.45, 2.75) is 11.3 Å². The number of piperazine rings is 1. The van der Waals surface area contributed by atoms with Crippen LogP contribution >= 0.6 is 39.1 Å². The summed E-state index contributed by atoms with van der Waals surface area (Å²) in [6.07, 6.45) is 0.231. The van der Waals surface area contributed by atoms with Crippen LogP contribution in [-0.2, 0) is 10.0 Å². The molecule has 166 valence electrons. The molecule has 1 aliphatic rings. The smallest absolute Gasteiger partial charge is 0.269 e. The number of hydrogen-bond acceptors (Lipinski definition) is 6. The lowest BCUT2D eigenvalue weighted by molar-refractivity contribution is -0.384. The van der Waals surface area contributed by atoms with Gasteiger partial charge in [0.2, 0.25) is 10.0 Å². The number of hydrogen-bond donors (Lipinski definition) is 0. The highest BCUT2D eigenvalue weighted by Crippen LogP contribution is 2.35. The molecule has 31 heavy (non-hydrogen) atoms. The molecule has 0 unspecified atom stereocenters. The van der Waals surface area contributed by atoms with Crippen LogP contribution in [0, 0.1) is 10.1 Å². The molecule has 2 aromatic rings. The maximum atomic E-state index is 13.0. The highest BCUT2D eigenvalue weighted by Gasteiger charge is 2.32. The fourth-order valence-corrected chi connectivity index (χ4v) is 6.58. The van der Waals surface area contributed by atoms with E-state index in [9.17, 15) is 23.3 Å². The van der Waals surface area contributed by atoms with Crippen LogP contribution in [0.5, 0.6) is 0 Å². The third-order valence-corrected chi connectivity index (χ3v) is 8.23. The lowest BCUT2D eigenvalue weighted by Gasteiger charge is -2.34. The van der Waals surface area contributed by atoms with Crippen LogP contribution in [0.1, 0.15) is 16.8 Å². The second-order valence-electron chi connectivity index (χ2n) is 6.92. The molecule has 0 aromatic heterocycles.